The number of benzene rings is 1. The maximum atomic E-state index is 12.0. The van der Waals surface area contributed by atoms with Gasteiger partial charge in [0.05, 0.1) is 0 Å². The van der Waals surface area contributed by atoms with Crippen LogP contribution in [0.3, 0.4) is 0 Å². The van der Waals surface area contributed by atoms with Gasteiger partial charge in [-0.2, -0.15) is 0 Å². The Morgan fingerprint density at radius 1 is 1.11 bits per heavy atom. The summed E-state index contributed by atoms with van der Waals surface area (Å²) in [5.74, 6) is 1.42. The molecule has 1 saturated heterocycles. The predicted octanol–water partition coefficient (Wildman–Crippen LogP) is 1.85. The van der Waals surface area contributed by atoms with Gasteiger partial charge < -0.3 is 20.9 Å². The van der Waals surface area contributed by atoms with E-state index in [0.29, 0.717) is 24.4 Å². The number of nitrogens with one attached hydrogen (secondary N) is 3. The standard InChI is InChI=1S/C20H31N5O2.HI/c1-21-18(26)15-16-9-13-25(14-10-16)20(22-2)24-12-6-11-23-19(27)17-7-4-3-5-8-17;/h3-5,7-8,16H,6,9-15H2,1-2H3,(H,21,26)(H,22,24)(H,23,27);1H. The molecule has 7 nitrogen and oxygen atoms in total. The van der Waals surface area contributed by atoms with E-state index in [0.717, 1.165) is 44.9 Å². The zero-order valence-electron chi connectivity index (χ0n) is 16.7. The van der Waals surface area contributed by atoms with E-state index in [9.17, 15) is 9.59 Å². The van der Waals surface area contributed by atoms with Gasteiger partial charge in [0.15, 0.2) is 5.96 Å². The highest BCUT2D eigenvalue weighted by Crippen LogP contribution is 2.20. The third kappa shape index (κ3) is 8.04. The zero-order valence-corrected chi connectivity index (χ0v) is 19.1. The van der Waals surface area contributed by atoms with Crippen molar-refractivity contribution in [2.24, 2.45) is 10.9 Å². The summed E-state index contributed by atoms with van der Waals surface area (Å²) in [5, 5.41) is 8.99. The minimum absolute atomic E-state index is 0. The normalized spacial score (nSPS) is 14.8. The highest BCUT2D eigenvalue weighted by atomic mass is 127. The van der Waals surface area contributed by atoms with Crippen molar-refractivity contribution >= 4 is 41.8 Å². The molecule has 0 aromatic heterocycles. The Bertz CT molecular complexity index is 631. The first-order valence-electron chi connectivity index (χ1n) is 9.63. The van der Waals surface area contributed by atoms with Gasteiger partial charge in [-0.1, -0.05) is 18.2 Å². The number of amides is 2. The molecule has 28 heavy (non-hydrogen) atoms. The number of aliphatic imine (C=N–C) groups is 1. The summed E-state index contributed by atoms with van der Waals surface area (Å²) in [5.41, 5.74) is 0.681. The molecular formula is C20H32IN5O2. The molecule has 0 saturated carbocycles. The molecule has 1 aliphatic rings. The first-order chi connectivity index (χ1) is 13.1. The second kappa shape index (κ2) is 13.4. The Morgan fingerprint density at radius 3 is 2.36 bits per heavy atom. The zero-order chi connectivity index (χ0) is 19.5. The van der Waals surface area contributed by atoms with Crippen molar-refractivity contribution in [3.05, 3.63) is 35.9 Å². The van der Waals surface area contributed by atoms with Crippen molar-refractivity contribution in [3.63, 3.8) is 0 Å². The molecule has 0 bridgehead atoms. The van der Waals surface area contributed by atoms with Crippen LogP contribution in [0.4, 0.5) is 0 Å². The van der Waals surface area contributed by atoms with Crippen molar-refractivity contribution in [2.45, 2.75) is 25.7 Å². The van der Waals surface area contributed by atoms with Gasteiger partial charge in [-0.3, -0.25) is 14.6 Å². The van der Waals surface area contributed by atoms with Crippen molar-refractivity contribution in [2.75, 3.05) is 40.3 Å². The molecule has 3 N–H and O–H groups in total. The minimum Gasteiger partial charge on any atom is -0.359 e. The largest absolute Gasteiger partial charge is 0.359 e. The Balaban J connectivity index is 0.00000392. The van der Waals surface area contributed by atoms with Crippen molar-refractivity contribution in [1.82, 2.24) is 20.9 Å². The molecule has 1 aromatic rings. The minimum atomic E-state index is -0.0434. The second-order valence-corrected chi connectivity index (χ2v) is 6.76. The van der Waals surface area contributed by atoms with Gasteiger partial charge >= 0.3 is 0 Å². The third-order valence-corrected chi connectivity index (χ3v) is 4.84. The van der Waals surface area contributed by atoms with Crippen LogP contribution < -0.4 is 16.0 Å². The van der Waals surface area contributed by atoms with Gasteiger partial charge in [0.2, 0.25) is 5.91 Å². The quantitative estimate of drug-likeness (QED) is 0.231. The number of likely N-dealkylation sites (tertiary alicyclic amines) is 1. The lowest BCUT2D eigenvalue weighted by Gasteiger charge is -2.34. The number of guanidine groups is 1. The molecule has 0 radical (unpaired) electrons. The van der Waals surface area contributed by atoms with Crippen LogP contribution in [-0.2, 0) is 4.79 Å². The Kier molecular flexibility index (Phi) is 11.5. The molecule has 1 heterocycles. The molecule has 2 amide bonds. The summed E-state index contributed by atoms with van der Waals surface area (Å²) in [4.78, 5) is 30.1. The smallest absolute Gasteiger partial charge is 0.251 e. The summed E-state index contributed by atoms with van der Waals surface area (Å²) in [7, 11) is 3.47. The first-order valence-corrected chi connectivity index (χ1v) is 9.63. The van der Waals surface area contributed by atoms with Crippen molar-refractivity contribution in [3.8, 4) is 0 Å². The molecule has 0 unspecified atom stereocenters. The molecule has 156 valence electrons. The first kappa shape index (κ1) is 24.2. The van der Waals surface area contributed by atoms with Gasteiger partial charge in [-0.05, 0) is 37.3 Å². The number of hydrogen-bond acceptors (Lipinski definition) is 3. The van der Waals surface area contributed by atoms with Gasteiger partial charge in [-0.15, -0.1) is 24.0 Å². The van der Waals surface area contributed by atoms with Crippen LogP contribution in [0.2, 0.25) is 0 Å². The molecule has 0 spiro atoms. The van der Waals surface area contributed by atoms with Crippen LogP contribution in [0.5, 0.6) is 0 Å². The van der Waals surface area contributed by atoms with E-state index in [4.69, 9.17) is 0 Å². The molecule has 1 aromatic carbocycles. The Labute approximate surface area is 184 Å². The van der Waals surface area contributed by atoms with E-state index >= 15 is 0 Å². The van der Waals surface area contributed by atoms with Crippen LogP contribution >= 0.6 is 24.0 Å². The fraction of sp³-hybridized carbons (Fsp3) is 0.550. The van der Waals surface area contributed by atoms with E-state index in [1.54, 1.807) is 14.1 Å². The number of carbonyl (C=O) groups excluding carboxylic acids is 2. The second-order valence-electron chi connectivity index (χ2n) is 6.76. The van der Waals surface area contributed by atoms with E-state index in [-0.39, 0.29) is 35.8 Å². The lowest BCUT2D eigenvalue weighted by atomic mass is 9.93. The van der Waals surface area contributed by atoms with Gasteiger partial charge in [0.1, 0.15) is 0 Å². The molecule has 1 fully saturated rings. The number of halogens is 1. The highest BCUT2D eigenvalue weighted by Gasteiger charge is 2.22. The maximum absolute atomic E-state index is 12.0. The van der Waals surface area contributed by atoms with Crippen LogP contribution in [0.25, 0.3) is 0 Å². The van der Waals surface area contributed by atoms with E-state index in [2.05, 4.69) is 25.8 Å². The SMILES string of the molecule is CN=C(NCCCNC(=O)c1ccccc1)N1CCC(CC(=O)NC)CC1.I. The van der Waals surface area contributed by atoms with E-state index in [1.165, 1.54) is 0 Å². The summed E-state index contributed by atoms with van der Waals surface area (Å²) >= 11 is 0. The molecule has 1 aliphatic heterocycles. The van der Waals surface area contributed by atoms with E-state index in [1.807, 2.05) is 30.3 Å². The fourth-order valence-electron chi connectivity index (χ4n) is 3.23. The highest BCUT2D eigenvalue weighted by molar-refractivity contribution is 14.0. The summed E-state index contributed by atoms with van der Waals surface area (Å²) in [6, 6.07) is 9.23. The number of carbonyl (C=O) groups is 2. The summed E-state index contributed by atoms with van der Waals surface area (Å²) < 4.78 is 0. The number of rotatable bonds is 7. The monoisotopic (exact) mass is 501 g/mol. The average Bonchev–Trinajstić information content (AvgIpc) is 2.72. The van der Waals surface area contributed by atoms with Crippen LogP contribution in [0, 0.1) is 5.92 Å². The molecule has 0 atom stereocenters. The van der Waals surface area contributed by atoms with Gasteiger partial charge in [-0.25, -0.2) is 0 Å². The molecule has 0 aliphatic carbocycles. The third-order valence-electron chi connectivity index (χ3n) is 4.84. The molecule has 2 rings (SSSR count). The van der Waals surface area contributed by atoms with Crippen molar-refractivity contribution in [1.29, 1.82) is 0 Å². The van der Waals surface area contributed by atoms with Gasteiger partial charge in [0.25, 0.3) is 5.91 Å². The molecular weight excluding hydrogens is 469 g/mol. The topological polar surface area (TPSA) is 85.8 Å². The summed E-state index contributed by atoms with van der Waals surface area (Å²) in [6.45, 7) is 3.18. The molecule has 8 heteroatoms. The number of nitrogens with zero attached hydrogens (tertiary/aromatic N) is 2. The lowest BCUT2D eigenvalue weighted by molar-refractivity contribution is -0.121. The van der Waals surface area contributed by atoms with Crippen molar-refractivity contribution < 1.29 is 9.59 Å². The number of piperidine rings is 1. The Hall–Kier alpha value is -1.84. The Morgan fingerprint density at radius 2 is 1.75 bits per heavy atom. The van der Waals surface area contributed by atoms with Gasteiger partial charge in [0, 0.05) is 52.3 Å². The van der Waals surface area contributed by atoms with Crippen LogP contribution in [-0.4, -0.2) is 62.9 Å². The van der Waals surface area contributed by atoms with E-state index < -0.39 is 0 Å². The lowest BCUT2D eigenvalue weighted by Crippen LogP contribution is -2.46. The fourth-order valence-corrected chi connectivity index (χ4v) is 3.23. The van der Waals surface area contributed by atoms with Crippen LogP contribution in [0.15, 0.2) is 35.3 Å². The summed E-state index contributed by atoms with van der Waals surface area (Å²) in [6.07, 6.45) is 3.44. The predicted molar refractivity (Wildman–Crippen MR) is 123 cm³/mol. The average molecular weight is 501 g/mol. The number of hydrogen-bond donors (Lipinski definition) is 3. The maximum Gasteiger partial charge on any atom is 0.251 e. The van der Waals surface area contributed by atoms with Crippen LogP contribution in [0.1, 0.15) is 36.0 Å².